The highest BCUT2D eigenvalue weighted by atomic mass is 16.3. The van der Waals surface area contributed by atoms with E-state index >= 15 is 0 Å². The number of hydrogen-bond acceptors (Lipinski definition) is 3. The largest absolute Gasteiger partial charge is 0.396 e. The van der Waals surface area contributed by atoms with Crippen LogP contribution in [0.4, 0.5) is 0 Å². The molecule has 0 bridgehead atoms. The Bertz CT molecular complexity index is 83.1. The van der Waals surface area contributed by atoms with Gasteiger partial charge in [-0.05, 0) is 0 Å². The Morgan fingerprint density at radius 3 is 2.78 bits per heavy atom. The fourth-order valence-electron chi connectivity index (χ4n) is 0.472. The Morgan fingerprint density at radius 2 is 2.33 bits per heavy atom. The van der Waals surface area contributed by atoms with Crippen LogP contribution >= 0.6 is 0 Å². The highest BCUT2D eigenvalue weighted by Gasteiger charge is 1.87. The highest BCUT2D eigenvalue weighted by molar-refractivity contribution is 4.90. The zero-order valence-electron chi connectivity index (χ0n) is 5.56. The van der Waals surface area contributed by atoms with Crippen molar-refractivity contribution in [2.24, 2.45) is 5.73 Å². The fraction of sp³-hybridized carbons (Fsp3) is 0.667. The van der Waals surface area contributed by atoms with E-state index in [4.69, 9.17) is 10.8 Å². The van der Waals surface area contributed by atoms with Gasteiger partial charge in [-0.3, -0.25) is 0 Å². The summed E-state index contributed by atoms with van der Waals surface area (Å²) in [5.41, 5.74) is 6.06. The summed E-state index contributed by atoms with van der Waals surface area (Å²) in [6.07, 6.45) is 0.611. The molecule has 0 saturated heterocycles. The Hall–Kier alpha value is -0.540. The minimum absolute atomic E-state index is 0.149. The van der Waals surface area contributed by atoms with Crippen LogP contribution in [0.25, 0.3) is 0 Å². The molecule has 0 aromatic carbocycles. The molecule has 3 nitrogen and oxygen atoms in total. The summed E-state index contributed by atoms with van der Waals surface area (Å²) in [5, 5.41) is 11.4. The molecule has 0 aliphatic heterocycles. The van der Waals surface area contributed by atoms with Crippen LogP contribution in [-0.2, 0) is 0 Å². The summed E-state index contributed by atoms with van der Waals surface area (Å²) in [6.45, 7) is 5.14. The molecule has 4 N–H and O–H groups in total. The second kappa shape index (κ2) is 5.59. The van der Waals surface area contributed by atoms with Gasteiger partial charge in [-0.15, -0.1) is 0 Å². The lowest BCUT2D eigenvalue weighted by Gasteiger charge is -2.04. The number of aliphatic hydroxyl groups is 1. The van der Waals surface area contributed by atoms with E-state index in [0.29, 0.717) is 13.0 Å². The van der Waals surface area contributed by atoms with Gasteiger partial charge in [0.2, 0.25) is 0 Å². The lowest BCUT2D eigenvalue weighted by Crippen LogP contribution is -2.21. The van der Waals surface area contributed by atoms with Crippen molar-refractivity contribution in [1.82, 2.24) is 5.32 Å². The van der Waals surface area contributed by atoms with Crippen molar-refractivity contribution < 1.29 is 5.11 Å². The van der Waals surface area contributed by atoms with E-state index < -0.39 is 0 Å². The predicted molar refractivity (Wildman–Crippen MR) is 37.9 cm³/mol. The standard InChI is InChI=1S/C6H14N2O/c1-6(2-5-9)8-4-3-7/h8-9H,1-5,7H2. The minimum atomic E-state index is 0.149. The van der Waals surface area contributed by atoms with E-state index in [-0.39, 0.29) is 6.61 Å². The van der Waals surface area contributed by atoms with Crippen molar-refractivity contribution in [3.8, 4) is 0 Å². The summed E-state index contributed by atoms with van der Waals surface area (Å²) >= 11 is 0. The number of hydrogen-bond donors (Lipinski definition) is 3. The first-order chi connectivity index (χ1) is 4.31. The number of nitrogens with two attached hydrogens (primary N) is 1. The first-order valence-electron chi connectivity index (χ1n) is 3.04. The van der Waals surface area contributed by atoms with Crippen LogP contribution in [0.3, 0.4) is 0 Å². The quantitative estimate of drug-likeness (QED) is 0.467. The van der Waals surface area contributed by atoms with Crippen LogP contribution in [-0.4, -0.2) is 24.8 Å². The smallest absolute Gasteiger partial charge is 0.0485 e. The summed E-state index contributed by atoms with van der Waals surface area (Å²) in [6, 6.07) is 0. The van der Waals surface area contributed by atoms with Gasteiger partial charge < -0.3 is 16.2 Å². The van der Waals surface area contributed by atoms with Gasteiger partial charge in [0.05, 0.1) is 0 Å². The van der Waals surface area contributed by atoms with E-state index in [1.165, 1.54) is 0 Å². The molecule has 0 amide bonds. The molecule has 0 aliphatic carbocycles. The van der Waals surface area contributed by atoms with Gasteiger partial charge in [0.1, 0.15) is 0 Å². The summed E-state index contributed by atoms with van der Waals surface area (Å²) in [5.74, 6) is 0. The van der Waals surface area contributed by atoms with Crippen molar-refractivity contribution in [2.45, 2.75) is 6.42 Å². The Labute approximate surface area is 55.6 Å². The Kier molecular flexibility index (Phi) is 5.26. The molecule has 0 aliphatic rings. The molecule has 0 spiro atoms. The minimum Gasteiger partial charge on any atom is -0.396 e. The molecule has 0 unspecified atom stereocenters. The maximum Gasteiger partial charge on any atom is 0.0485 e. The molecule has 0 aromatic heterocycles. The first kappa shape index (κ1) is 8.46. The molecule has 0 fully saturated rings. The number of nitrogens with one attached hydrogen (secondary N) is 1. The third-order valence-electron chi connectivity index (χ3n) is 0.933. The second-order valence-electron chi connectivity index (χ2n) is 1.79. The van der Waals surface area contributed by atoms with Gasteiger partial charge >= 0.3 is 0 Å². The van der Waals surface area contributed by atoms with Crippen LogP contribution in [0.1, 0.15) is 6.42 Å². The summed E-state index contributed by atoms with van der Waals surface area (Å²) in [7, 11) is 0. The topological polar surface area (TPSA) is 58.3 Å². The Morgan fingerprint density at radius 1 is 1.67 bits per heavy atom. The molecule has 54 valence electrons. The third-order valence-corrected chi connectivity index (χ3v) is 0.933. The van der Waals surface area contributed by atoms with E-state index in [1.54, 1.807) is 0 Å². The summed E-state index contributed by atoms with van der Waals surface area (Å²) < 4.78 is 0. The van der Waals surface area contributed by atoms with Gasteiger partial charge in [0, 0.05) is 31.8 Å². The zero-order valence-corrected chi connectivity index (χ0v) is 5.56. The zero-order chi connectivity index (χ0) is 7.11. The fourth-order valence-corrected chi connectivity index (χ4v) is 0.472. The molecule has 9 heavy (non-hydrogen) atoms. The molecule has 0 rings (SSSR count). The van der Waals surface area contributed by atoms with E-state index in [0.717, 1.165) is 12.2 Å². The van der Waals surface area contributed by atoms with E-state index in [9.17, 15) is 0 Å². The summed E-state index contributed by atoms with van der Waals surface area (Å²) in [4.78, 5) is 0. The van der Waals surface area contributed by atoms with E-state index in [1.807, 2.05) is 0 Å². The molecule has 0 saturated carbocycles. The average Bonchev–Trinajstić information content (AvgIpc) is 1.85. The monoisotopic (exact) mass is 130 g/mol. The first-order valence-corrected chi connectivity index (χ1v) is 3.04. The lowest BCUT2D eigenvalue weighted by atomic mass is 10.3. The molecule has 0 radical (unpaired) electrons. The van der Waals surface area contributed by atoms with E-state index in [2.05, 4.69) is 11.9 Å². The maximum absolute atomic E-state index is 8.40. The van der Waals surface area contributed by atoms with Crippen LogP contribution in [0.15, 0.2) is 12.3 Å². The SMILES string of the molecule is C=C(CCO)NCCN. The van der Waals surface area contributed by atoms with Crippen molar-refractivity contribution in [1.29, 1.82) is 0 Å². The van der Waals surface area contributed by atoms with Crippen molar-refractivity contribution >= 4 is 0 Å². The molecular weight excluding hydrogens is 116 g/mol. The molecule has 0 atom stereocenters. The number of aliphatic hydroxyl groups excluding tert-OH is 1. The van der Waals surface area contributed by atoms with Crippen LogP contribution in [0.5, 0.6) is 0 Å². The Balaban J connectivity index is 3.06. The molecule has 0 heterocycles. The van der Waals surface area contributed by atoms with Crippen LogP contribution in [0.2, 0.25) is 0 Å². The van der Waals surface area contributed by atoms with Crippen molar-refractivity contribution in [3.05, 3.63) is 12.3 Å². The second-order valence-corrected chi connectivity index (χ2v) is 1.79. The average molecular weight is 130 g/mol. The normalized spacial score (nSPS) is 9.11. The third kappa shape index (κ3) is 5.33. The van der Waals surface area contributed by atoms with Crippen LogP contribution in [0, 0.1) is 0 Å². The predicted octanol–water partition coefficient (Wildman–Crippen LogP) is -0.569. The van der Waals surface area contributed by atoms with Gasteiger partial charge in [-0.1, -0.05) is 6.58 Å². The number of rotatable bonds is 5. The van der Waals surface area contributed by atoms with Gasteiger partial charge in [-0.25, -0.2) is 0 Å². The van der Waals surface area contributed by atoms with Gasteiger partial charge in [-0.2, -0.15) is 0 Å². The van der Waals surface area contributed by atoms with Gasteiger partial charge in [0.15, 0.2) is 0 Å². The highest BCUT2D eigenvalue weighted by Crippen LogP contribution is 1.88. The molecule has 0 aromatic rings. The van der Waals surface area contributed by atoms with Crippen molar-refractivity contribution in [3.63, 3.8) is 0 Å². The van der Waals surface area contributed by atoms with Crippen LogP contribution < -0.4 is 11.1 Å². The molecule has 3 heteroatoms. The molecular formula is C6H14N2O. The van der Waals surface area contributed by atoms with Gasteiger partial charge in [0.25, 0.3) is 0 Å². The lowest BCUT2D eigenvalue weighted by molar-refractivity contribution is 0.296. The van der Waals surface area contributed by atoms with Crippen molar-refractivity contribution in [2.75, 3.05) is 19.7 Å². The maximum atomic E-state index is 8.40.